The highest BCUT2D eigenvalue weighted by atomic mass is 127. The van der Waals surface area contributed by atoms with E-state index < -0.39 is 0 Å². The molecule has 0 amide bonds. The van der Waals surface area contributed by atoms with Crippen molar-refractivity contribution in [3.8, 4) is 5.69 Å². The largest absolute Gasteiger partial charge is 0.382 e. The highest BCUT2D eigenvalue weighted by Gasteiger charge is 1.99. The molecule has 0 aliphatic carbocycles. The van der Waals surface area contributed by atoms with E-state index >= 15 is 0 Å². The molecule has 0 aliphatic heterocycles. The van der Waals surface area contributed by atoms with Crippen LogP contribution in [0.3, 0.4) is 0 Å². The molecule has 1 heterocycles. The van der Waals surface area contributed by atoms with Gasteiger partial charge in [-0.2, -0.15) is 5.10 Å². The van der Waals surface area contributed by atoms with E-state index in [4.69, 9.17) is 4.74 Å². The van der Waals surface area contributed by atoms with Gasteiger partial charge in [-0.25, -0.2) is 9.67 Å². The molecule has 0 fully saturated rings. The molecule has 25 heavy (non-hydrogen) atoms. The predicted octanol–water partition coefficient (Wildman–Crippen LogP) is 2.97. The molecular weight excluding hydrogens is 429 g/mol. The quantitative estimate of drug-likeness (QED) is 0.263. The molecule has 0 saturated heterocycles. The van der Waals surface area contributed by atoms with Crippen LogP contribution in [0.1, 0.15) is 25.8 Å². The molecule has 0 atom stereocenters. The monoisotopic (exact) mass is 457 g/mol. The summed E-state index contributed by atoms with van der Waals surface area (Å²) in [6, 6.07) is 10.2. The van der Waals surface area contributed by atoms with E-state index in [2.05, 4.69) is 51.9 Å². The fourth-order valence-corrected chi connectivity index (χ4v) is 2.21. The van der Waals surface area contributed by atoms with Gasteiger partial charge in [0.15, 0.2) is 5.96 Å². The fourth-order valence-electron chi connectivity index (χ4n) is 2.21. The molecule has 2 rings (SSSR count). The summed E-state index contributed by atoms with van der Waals surface area (Å²) in [6.07, 6.45) is 4.68. The molecule has 2 aromatic rings. The summed E-state index contributed by atoms with van der Waals surface area (Å²) in [5.74, 6) is 0.838. The molecule has 6 nitrogen and oxygen atoms in total. The van der Waals surface area contributed by atoms with Gasteiger partial charge in [-0.1, -0.05) is 12.1 Å². The average molecular weight is 457 g/mol. The second-order valence-electron chi connectivity index (χ2n) is 5.29. The number of nitrogens with one attached hydrogen (secondary N) is 2. The first-order chi connectivity index (χ1) is 11.8. The molecule has 1 aromatic heterocycles. The Bertz CT molecular complexity index is 598. The summed E-state index contributed by atoms with van der Waals surface area (Å²) >= 11 is 0. The second-order valence-corrected chi connectivity index (χ2v) is 5.29. The van der Waals surface area contributed by atoms with Crippen LogP contribution in [0.15, 0.2) is 47.7 Å². The lowest BCUT2D eigenvalue weighted by molar-refractivity contribution is 0.145. The topological polar surface area (TPSA) is 63.5 Å². The highest BCUT2D eigenvalue weighted by molar-refractivity contribution is 14.0. The van der Waals surface area contributed by atoms with Crippen LogP contribution in [-0.2, 0) is 11.3 Å². The average Bonchev–Trinajstić information content (AvgIpc) is 3.14. The standard InChI is InChI=1S/C18H27N5O.HI/c1-3-19-18(20-11-6-14-24-4-2)21-15-16-7-9-17(10-8-16)23-13-5-12-22-23;/h5,7-10,12-13H,3-4,6,11,14-15H2,1-2H3,(H2,19,20,21);1H. The van der Waals surface area contributed by atoms with Crippen LogP contribution in [0, 0.1) is 0 Å². The molecule has 1 aromatic carbocycles. The van der Waals surface area contributed by atoms with E-state index in [9.17, 15) is 0 Å². The zero-order valence-corrected chi connectivity index (χ0v) is 17.3. The lowest BCUT2D eigenvalue weighted by atomic mass is 10.2. The maximum atomic E-state index is 5.34. The number of aliphatic imine (C=N–C) groups is 1. The number of ether oxygens (including phenoxy) is 1. The number of nitrogens with zero attached hydrogens (tertiary/aromatic N) is 3. The van der Waals surface area contributed by atoms with Crippen molar-refractivity contribution in [2.45, 2.75) is 26.8 Å². The minimum absolute atomic E-state index is 0. The van der Waals surface area contributed by atoms with E-state index in [1.807, 2.05) is 23.9 Å². The Balaban J connectivity index is 0.00000312. The van der Waals surface area contributed by atoms with Gasteiger partial charge in [0.25, 0.3) is 0 Å². The van der Waals surface area contributed by atoms with Crippen LogP contribution in [-0.4, -0.2) is 42.0 Å². The molecule has 0 aliphatic rings. The predicted molar refractivity (Wildman–Crippen MR) is 113 cm³/mol. The van der Waals surface area contributed by atoms with Crippen molar-refractivity contribution in [3.05, 3.63) is 48.3 Å². The summed E-state index contributed by atoms with van der Waals surface area (Å²) in [4.78, 5) is 4.63. The van der Waals surface area contributed by atoms with Gasteiger partial charge < -0.3 is 15.4 Å². The normalized spacial score (nSPS) is 11.0. The molecular formula is C18H28IN5O. The van der Waals surface area contributed by atoms with Gasteiger partial charge in [0, 0.05) is 38.7 Å². The second kappa shape index (κ2) is 12.7. The van der Waals surface area contributed by atoms with Crippen LogP contribution in [0.4, 0.5) is 0 Å². The van der Waals surface area contributed by atoms with Gasteiger partial charge in [-0.05, 0) is 44.0 Å². The summed E-state index contributed by atoms with van der Waals surface area (Å²) < 4.78 is 7.18. The number of aromatic nitrogens is 2. The maximum Gasteiger partial charge on any atom is 0.191 e. The third kappa shape index (κ3) is 7.87. The van der Waals surface area contributed by atoms with Gasteiger partial charge in [0.2, 0.25) is 0 Å². The number of guanidine groups is 1. The van der Waals surface area contributed by atoms with Gasteiger partial charge in [-0.15, -0.1) is 24.0 Å². The number of rotatable bonds is 9. The van der Waals surface area contributed by atoms with Gasteiger partial charge in [0.05, 0.1) is 12.2 Å². The molecule has 138 valence electrons. The molecule has 7 heteroatoms. The summed E-state index contributed by atoms with van der Waals surface area (Å²) in [6.45, 7) is 7.95. The van der Waals surface area contributed by atoms with E-state index in [0.717, 1.165) is 49.9 Å². The highest BCUT2D eigenvalue weighted by Crippen LogP contribution is 2.09. The van der Waals surface area contributed by atoms with Crippen molar-refractivity contribution in [1.82, 2.24) is 20.4 Å². The smallest absolute Gasteiger partial charge is 0.191 e. The lowest BCUT2D eigenvalue weighted by Crippen LogP contribution is -2.38. The Hall–Kier alpha value is -1.61. The molecule has 0 spiro atoms. The number of halogens is 1. The molecule has 2 N–H and O–H groups in total. The van der Waals surface area contributed by atoms with Gasteiger partial charge in [0.1, 0.15) is 0 Å². The van der Waals surface area contributed by atoms with Gasteiger partial charge >= 0.3 is 0 Å². The number of hydrogen-bond acceptors (Lipinski definition) is 3. The minimum Gasteiger partial charge on any atom is -0.382 e. The Morgan fingerprint density at radius 2 is 2.00 bits per heavy atom. The third-order valence-corrected chi connectivity index (χ3v) is 3.43. The Kier molecular flexibility index (Phi) is 10.9. The van der Waals surface area contributed by atoms with E-state index in [1.165, 1.54) is 0 Å². The Labute approximate surface area is 167 Å². The van der Waals surface area contributed by atoms with E-state index in [0.29, 0.717) is 6.54 Å². The summed E-state index contributed by atoms with van der Waals surface area (Å²) in [5, 5.41) is 10.8. The molecule has 0 unspecified atom stereocenters. The first-order valence-electron chi connectivity index (χ1n) is 8.52. The fraction of sp³-hybridized carbons (Fsp3) is 0.444. The van der Waals surface area contributed by atoms with Gasteiger partial charge in [-0.3, -0.25) is 0 Å². The van der Waals surface area contributed by atoms with E-state index in [1.54, 1.807) is 6.20 Å². The molecule has 0 saturated carbocycles. The van der Waals surface area contributed by atoms with Crippen LogP contribution in [0.2, 0.25) is 0 Å². The van der Waals surface area contributed by atoms with Crippen molar-refractivity contribution in [2.75, 3.05) is 26.3 Å². The zero-order chi connectivity index (χ0) is 17.0. The first kappa shape index (κ1) is 21.4. The van der Waals surface area contributed by atoms with Crippen LogP contribution >= 0.6 is 24.0 Å². The van der Waals surface area contributed by atoms with Crippen LogP contribution in [0.25, 0.3) is 5.69 Å². The lowest BCUT2D eigenvalue weighted by Gasteiger charge is -2.11. The minimum atomic E-state index is 0. The van der Waals surface area contributed by atoms with Crippen molar-refractivity contribution >= 4 is 29.9 Å². The van der Waals surface area contributed by atoms with Crippen molar-refractivity contribution < 1.29 is 4.74 Å². The Morgan fingerprint density at radius 3 is 2.64 bits per heavy atom. The van der Waals surface area contributed by atoms with Crippen LogP contribution in [0.5, 0.6) is 0 Å². The van der Waals surface area contributed by atoms with Crippen molar-refractivity contribution in [2.24, 2.45) is 4.99 Å². The van der Waals surface area contributed by atoms with Crippen molar-refractivity contribution in [1.29, 1.82) is 0 Å². The SMILES string of the molecule is CCNC(=NCc1ccc(-n2cccn2)cc1)NCCCOCC.I. The Morgan fingerprint density at radius 1 is 1.20 bits per heavy atom. The number of hydrogen-bond donors (Lipinski definition) is 2. The summed E-state index contributed by atoms with van der Waals surface area (Å²) in [7, 11) is 0. The van der Waals surface area contributed by atoms with Crippen LogP contribution < -0.4 is 10.6 Å². The first-order valence-corrected chi connectivity index (χ1v) is 8.52. The van der Waals surface area contributed by atoms with Crippen molar-refractivity contribution in [3.63, 3.8) is 0 Å². The maximum absolute atomic E-state index is 5.34. The summed E-state index contributed by atoms with van der Waals surface area (Å²) in [5.41, 5.74) is 2.21. The number of benzene rings is 1. The zero-order valence-electron chi connectivity index (χ0n) is 14.9. The third-order valence-electron chi connectivity index (χ3n) is 3.43. The molecule has 0 bridgehead atoms. The van der Waals surface area contributed by atoms with E-state index in [-0.39, 0.29) is 24.0 Å². The molecule has 0 radical (unpaired) electrons.